The fraction of sp³-hybridized carbons (Fsp3) is 0.294. The van der Waals surface area contributed by atoms with E-state index in [4.69, 9.17) is 0 Å². The normalized spacial score (nSPS) is 13.6. The SMILES string of the molecule is CC(=O)c1cc(C(=O)N2CCC2)c(Nc2ccc(I)cc2F)n1C. The number of carbonyl (C=O) groups is 2. The Morgan fingerprint density at radius 1 is 1.25 bits per heavy atom. The number of ketones is 1. The van der Waals surface area contributed by atoms with E-state index in [-0.39, 0.29) is 17.4 Å². The molecule has 0 spiro atoms. The average Bonchev–Trinajstić information content (AvgIpc) is 2.77. The van der Waals surface area contributed by atoms with Gasteiger partial charge in [0.1, 0.15) is 11.6 Å². The van der Waals surface area contributed by atoms with Gasteiger partial charge in [-0.1, -0.05) is 0 Å². The summed E-state index contributed by atoms with van der Waals surface area (Å²) in [5, 5.41) is 2.98. The van der Waals surface area contributed by atoms with Crippen LogP contribution < -0.4 is 5.32 Å². The highest BCUT2D eigenvalue weighted by atomic mass is 127. The molecule has 1 aromatic carbocycles. The van der Waals surface area contributed by atoms with Gasteiger partial charge < -0.3 is 14.8 Å². The Hall–Kier alpha value is -1.90. The monoisotopic (exact) mass is 441 g/mol. The van der Waals surface area contributed by atoms with Gasteiger partial charge in [-0.15, -0.1) is 0 Å². The zero-order valence-corrected chi connectivity index (χ0v) is 15.6. The summed E-state index contributed by atoms with van der Waals surface area (Å²) in [5.74, 6) is -0.268. The minimum absolute atomic E-state index is 0.141. The van der Waals surface area contributed by atoms with Crippen LogP contribution in [0.15, 0.2) is 24.3 Å². The van der Waals surface area contributed by atoms with Gasteiger partial charge in [-0.3, -0.25) is 9.59 Å². The van der Waals surface area contributed by atoms with E-state index < -0.39 is 5.82 Å². The summed E-state index contributed by atoms with van der Waals surface area (Å²) in [6, 6.07) is 6.39. The fourth-order valence-electron chi connectivity index (χ4n) is 2.66. The number of halogens is 2. The molecule has 1 N–H and O–H groups in total. The Morgan fingerprint density at radius 2 is 1.96 bits per heavy atom. The van der Waals surface area contributed by atoms with Gasteiger partial charge in [0.2, 0.25) is 0 Å². The number of amides is 1. The highest BCUT2D eigenvalue weighted by molar-refractivity contribution is 14.1. The molecule has 0 unspecified atom stereocenters. The molecule has 7 heteroatoms. The molecule has 2 aromatic rings. The number of Topliss-reactive ketones (excluding diaryl/α,β-unsaturated/α-hetero) is 1. The van der Waals surface area contributed by atoms with Crippen LogP contribution in [0.3, 0.4) is 0 Å². The van der Waals surface area contributed by atoms with Crippen molar-refractivity contribution in [2.24, 2.45) is 7.05 Å². The Kier molecular flexibility index (Phi) is 4.62. The van der Waals surface area contributed by atoms with Gasteiger partial charge >= 0.3 is 0 Å². The molecule has 1 aliphatic heterocycles. The van der Waals surface area contributed by atoms with Crippen molar-refractivity contribution in [2.75, 3.05) is 18.4 Å². The van der Waals surface area contributed by atoms with Crippen LogP contribution in [-0.2, 0) is 7.05 Å². The molecule has 0 atom stereocenters. The molecule has 1 fully saturated rings. The lowest BCUT2D eigenvalue weighted by molar-refractivity contribution is 0.0653. The number of hydrogen-bond acceptors (Lipinski definition) is 3. The number of likely N-dealkylation sites (tertiary alicyclic amines) is 1. The third kappa shape index (κ3) is 3.04. The number of nitrogens with zero attached hydrogens (tertiary/aromatic N) is 2. The third-order valence-electron chi connectivity index (χ3n) is 4.15. The molecule has 5 nitrogen and oxygen atoms in total. The van der Waals surface area contributed by atoms with Crippen LogP contribution in [-0.4, -0.2) is 34.2 Å². The van der Waals surface area contributed by atoms with Crippen molar-refractivity contribution in [2.45, 2.75) is 13.3 Å². The van der Waals surface area contributed by atoms with Crippen LogP contribution in [0.2, 0.25) is 0 Å². The zero-order valence-electron chi connectivity index (χ0n) is 13.4. The highest BCUT2D eigenvalue weighted by Crippen LogP contribution is 2.29. The van der Waals surface area contributed by atoms with Gasteiger partial charge in [0.15, 0.2) is 5.78 Å². The van der Waals surface area contributed by atoms with Gasteiger partial charge in [0, 0.05) is 30.6 Å². The van der Waals surface area contributed by atoms with Gasteiger partial charge in [-0.25, -0.2) is 4.39 Å². The van der Waals surface area contributed by atoms with Crippen LogP contribution in [0.25, 0.3) is 0 Å². The maximum Gasteiger partial charge on any atom is 0.257 e. The lowest BCUT2D eigenvalue weighted by Crippen LogP contribution is -2.42. The van der Waals surface area contributed by atoms with E-state index in [0.717, 1.165) is 9.99 Å². The number of rotatable bonds is 4. The topological polar surface area (TPSA) is 54.3 Å². The van der Waals surface area contributed by atoms with Gasteiger partial charge in [-0.05, 0) is 53.3 Å². The van der Waals surface area contributed by atoms with E-state index in [1.54, 1.807) is 34.7 Å². The van der Waals surface area contributed by atoms with Crippen molar-refractivity contribution in [1.82, 2.24) is 9.47 Å². The molecule has 1 aliphatic rings. The van der Waals surface area contributed by atoms with Gasteiger partial charge in [-0.2, -0.15) is 0 Å². The molecule has 1 aromatic heterocycles. The molecule has 0 saturated carbocycles. The summed E-state index contributed by atoms with van der Waals surface area (Å²) in [5.41, 5.74) is 1.07. The van der Waals surface area contributed by atoms with Crippen LogP contribution in [0.5, 0.6) is 0 Å². The number of hydrogen-bond donors (Lipinski definition) is 1. The van der Waals surface area contributed by atoms with Crippen molar-refractivity contribution in [3.63, 3.8) is 0 Å². The number of benzene rings is 1. The Bertz CT molecular complexity index is 827. The fourth-order valence-corrected chi connectivity index (χ4v) is 3.12. The second kappa shape index (κ2) is 6.54. The number of aromatic nitrogens is 1. The molecule has 126 valence electrons. The molecule has 2 heterocycles. The van der Waals surface area contributed by atoms with Crippen molar-refractivity contribution in [1.29, 1.82) is 0 Å². The minimum atomic E-state index is -0.408. The lowest BCUT2D eigenvalue weighted by atomic mass is 10.1. The van der Waals surface area contributed by atoms with E-state index >= 15 is 0 Å². The van der Waals surface area contributed by atoms with Gasteiger partial charge in [0.05, 0.1) is 16.9 Å². The Labute approximate surface area is 153 Å². The first-order valence-corrected chi connectivity index (χ1v) is 8.68. The van der Waals surface area contributed by atoms with Crippen molar-refractivity contribution in [3.05, 3.63) is 44.9 Å². The van der Waals surface area contributed by atoms with Crippen LogP contribution >= 0.6 is 22.6 Å². The van der Waals surface area contributed by atoms with Crippen molar-refractivity contribution in [3.8, 4) is 0 Å². The van der Waals surface area contributed by atoms with Crippen molar-refractivity contribution < 1.29 is 14.0 Å². The minimum Gasteiger partial charge on any atom is -0.339 e. The second-order valence-corrected chi connectivity index (χ2v) is 7.05. The molecule has 0 bridgehead atoms. The molecule has 24 heavy (non-hydrogen) atoms. The average molecular weight is 441 g/mol. The summed E-state index contributed by atoms with van der Waals surface area (Å²) >= 11 is 2.03. The molecular formula is C17H17FIN3O2. The smallest absolute Gasteiger partial charge is 0.257 e. The first-order chi connectivity index (χ1) is 11.4. The molecular weight excluding hydrogens is 424 g/mol. The Balaban J connectivity index is 2.04. The van der Waals surface area contributed by atoms with Crippen LogP contribution in [0, 0.1) is 9.39 Å². The molecule has 1 amide bonds. The second-order valence-electron chi connectivity index (χ2n) is 5.80. The number of carbonyl (C=O) groups excluding carboxylic acids is 2. The summed E-state index contributed by atoms with van der Waals surface area (Å²) in [6.45, 7) is 2.86. The van der Waals surface area contributed by atoms with E-state index in [0.29, 0.717) is 30.2 Å². The van der Waals surface area contributed by atoms with Crippen LogP contribution in [0.1, 0.15) is 34.2 Å². The predicted octanol–water partition coefficient (Wildman–Crippen LogP) is 3.56. The van der Waals surface area contributed by atoms with Crippen LogP contribution in [0.4, 0.5) is 15.9 Å². The maximum absolute atomic E-state index is 14.2. The summed E-state index contributed by atoms with van der Waals surface area (Å²) in [7, 11) is 1.69. The zero-order chi connectivity index (χ0) is 17.4. The largest absolute Gasteiger partial charge is 0.339 e. The van der Waals surface area contributed by atoms with Gasteiger partial charge in [0.25, 0.3) is 5.91 Å². The first-order valence-electron chi connectivity index (χ1n) is 7.60. The lowest BCUT2D eigenvalue weighted by Gasteiger charge is -2.31. The van der Waals surface area contributed by atoms with Crippen molar-refractivity contribution >= 4 is 45.8 Å². The number of nitrogens with one attached hydrogen (secondary N) is 1. The number of anilines is 2. The maximum atomic E-state index is 14.2. The quantitative estimate of drug-likeness (QED) is 0.584. The van der Waals surface area contributed by atoms with E-state index in [9.17, 15) is 14.0 Å². The van der Waals surface area contributed by atoms with E-state index in [1.165, 1.54) is 13.0 Å². The first kappa shape index (κ1) is 16.9. The Morgan fingerprint density at radius 3 is 2.50 bits per heavy atom. The molecule has 0 radical (unpaired) electrons. The standard InChI is InChI=1S/C17H17FIN3O2/c1-10(23)15-9-12(17(24)22-6-3-7-22)16(21(15)2)20-14-5-4-11(19)8-13(14)18/h4-5,8-9,20H,3,6-7H2,1-2H3. The third-order valence-corrected chi connectivity index (χ3v) is 4.82. The summed E-state index contributed by atoms with van der Waals surface area (Å²) in [4.78, 5) is 26.2. The molecule has 3 rings (SSSR count). The molecule has 0 aliphatic carbocycles. The predicted molar refractivity (Wildman–Crippen MR) is 98.3 cm³/mol. The molecule has 1 saturated heterocycles. The highest BCUT2D eigenvalue weighted by Gasteiger charge is 2.28. The summed E-state index contributed by atoms with van der Waals surface area (Å²) in [6.07, 6.45) is 0.979. The van der Waals surface area contributed by atoms with E-state index in [1.807, 2.05) is 22.6 Å². The summed E-state index contributed by atoms with van der Waals surface area (Å²) < 4.78 is 16.5. The van der Waals surface area contributed by atoms with E-state index in [2.05, 4.69) is 5.32 Å².